The molecule has 1 unspecified atom stereocenters. The molecule has 0 spiro atoms. The van der Waals surface area contributed by atoms with Crippen LogP contribution in [-0.4, -0.2) is 17.4 Å². The Hall–Kier alpha value is -2.14. The van der Waals surface area contributed by atoms with Crippen molar-refractivity contribution in [3.63, 3.8) is 0 Å². The lowest BCUT2D eigenvalue weighted by atomic mass is 10.1. The van der Waals surface area contributed by atoms with Crippen LogP contribution in [0.3, 0.4) is 0 Å². The fourth-order valence-corrected chi connectivity index (χ4v) is 2.50. The molecule has 1 heterocycles. The lowest BCUT2D eigenvalue weighted by Crippen LogP contribution is -2.25. The number of rotatable bonds is 10. The van der Waals surface area contributed by atoms with E-state index in [1.807, 2.05) is 18.2 Å². The van der Waals surface area contributed by atoms with E-state index in [1.165, 1.54) is 11.8 Å². The lowest BCUT2D eigenvalue weighted by Gasteiger charge is -2.05. The Labute approximate surface area is 143 Å². The number of oxazole rings is 1. The molecule has 0 aliphatic rings. The fraction of sp³-hybridized carbons (Fsp3) is 0.474. The summed E-state index contributed by atoms with van der Waals surface area (Å²) in [5.41, 5.74) is 7.63. The number of benzene rings is 1. The van der Waals surface area contributed by atoms with Crippen LogP contribution in [0.5, 0.6) is 0 Å². The second-order valence-corrected chi connectivity index (χ2v) is 6.02. The minimum absolute atomic E-state index is 0.201. The summed E-state index contributed by atoms with van der Waals surface area (Å²) in [6, 6.07) is 10.1. The van der Waals surface area contributed by atoms with Crippen LogP contribution in [0.2, 0.25) is 0 Å². The first-order valence-electron chi connectivity index (χ1n) is 8.73. The number of aromatic nitrogens is 1. The molecule has 5 nitrogen and oxygen atoms in total. The van der Waals surface area contributed by atoms with Crippen LogP contribution in [0.1, 0.15) is 67.0 Å². The Morgan fingerprint density at radius 2 is 2.04 bits per heavy atom. The van der Waals surface area contributed by atoms with Crippen LogP contribution in [0, 0.1) is 0 Å². The zero-order valence-electron chi connectivity index (χ0n) is 14.3. The zero-order chi connectivity index (χ0) is 17.2. The number of unbranched alkanes of at least 4 members (excludes halogenated alkanes) is 2. The summed E-state index contributed by atoms with van der Waals surface area (Å²) >= 11 is 0. The minimum Gasteiger partial charge on any atom is -0.446 e. The molecule has 0 saturated carbocycles. The smallest absolute Gasteiger partial charge is 0.273 e. The van der Waals surface area contributed by atoms with Gasteiger partial charge in [-0.15, -0.1) is 0 Å². The van der Waals surface area contributed by atoms with Gasteiger partial charge in [-0.3, -0.25) is 4.79 Å². The number of carbonyl (C=O) groups is 1. The van der Waals surface area contributed by atoms with E-state index in [0.29, 0.717) is 18.1 Å². The standard InChI is InChI=1S/C19H27N3O2/c1-2-3-12-16(20)19-22-17(14-24-19)18(23)21-13-8-7-11-15-9-5-4-6-10-15/h4-6,9-10,14,16H,2-3,7-8,11-13,20H2,1H3,(H,21,23). The number of aryl methyl sites for hydroxylation is 1. The number of amides is 1. The van der Waals surface area contributed by atoms with Crippen LogP contribution in [0.15, 0.2) is 41.0 Å². The van der Waals surface area contributed by atoms with Gasteiger partial charge in [0.2, 0.25) is 5.89 Å². The van der Waals surface area contributed by atoms with Gasteiger partial charge < -0.3 is 15.5 Å². The molecule has 130 valence electrons. The van der Waals surface area contributed by atoms with Crippen molar-refractivity contribution < 1.29 is 9.21 Å². The highest BCUT2D eigenvalue weighted by atomic mass is 16.3. The highest BCUT2D eigenvalue weighted by molar-refractivity contribution is 5.91. The molecule has 1 amide bonds. The highest BCUT2D eigenvalue weighted by Gasteiger charge is 2.16. The van der Waals surface area contributed by atoms with Gasteiger partial charge >= 0.3 is 0 Å². The summed E-state index contributed by atoms with van der Waals surface area (Å²) in [7, 11) is 0. The number of nitrogens with zero attached hydrogens (tertiary/aromatic N) is 1. The molecule has 1 atom stereocenters. The monoisotopic (exact) mass is 329 g/mol. The van der Waals surface area contributed by atoms with Crippen molar-refractivity contribution in [2.45, 2.75) is 51.5 Å². The van der Waals surface area contributed by atoms with Gasteiger partial charge in [-0.2, -0.15) is 0 Å². The first-order chi connectivity index (χ1) is 11.7. The molecule has 2 aromatic rings. The third-order valence-corrected chi connectivity index (χ3v) is 3.96. The van der Waals surface area contributed by atoms with Crippen molar-refractivity contribution in [2.24, 2.45) is 5.73 Å². The number of hydrogen-bond acceptors (Lipinski definition) is 4. The second-order valence-electron chi connectivity index (χ2n) is 6.02. The summed E-state index contributed by atoms with van der Waals surface area (Å²) in [6.07, 6.45) is 7.30. The Morgan fingerprint density at radius 3 is 2.79 bits per heavy atom. The summed E-state index contributed by atoms with van der Waals surface area (Å²) in [6.45, 7) is 2.74. The largest absolute Gasteiger partial charge is 0.446 e. The summed E-state index contributed by atoms with van der Waals surface area (Å²) < 4.78 is 5.33. The van der Waals surface area contributed by atoms with Crippen LogP contribution < -0.4 is 11.1 Å². The van der Waals surface area contributed by atoms with E-state index >= 15 is 0 Å². The van der Waals surface area contributed by atoms with Gasteiger partial charge in [0, 0.05) is 6.54 Å². The molecule has 1 aromatic heterocycles. The molecular weight excluding hydrogens is 302 g/mol. The first kappa shape index (κ1) is 18.2. The maximum atomic E-state index is 12.1. The minimum atomic E-state index is -0.239. The van der Waals surface area contributed by atoms with Crippen molar-refractivity contribution in [3.05, 3.63) is 53.7 Å². The maximum absolute atomic E-state index is 12.1. The van der Waals surface area contributed by atoms with Crippen LogP contribution >= 0.6 is 0 Å². The lowest BCUT2D eigenvalue weighted by molar-refractivity contribution is 0.0948. The van der Waals surface area contributed by atoms with Gasteiger partial charge in [-0.05, 0) is 31.2 Å². The van der Waals surface area contributed by atoms with Crippen molar-refractivity contribution in [1.82, 2.24) is 10.3 Å². The molecule has 0 aliphatic carbocycles. The van der Waals surface area contributed by atoms with Gasteiger partial charge in [0.15, 0.2) is 5.69 Å². The zero-order valence-corrected chi connectivity index (χ0v) is 14.3. The van der Waals surface area contributed by atoms with E-state index in [4.69, 9.17) is 10.2 Å². The Balaban J connectivity index is 1.68. The molecule has 2 rings (SSSR count). The number of nitrogens with one attached hydrogen (secondary N) is 1. The number of hydrogen-bond donors (Lipinski definition) is 2. The Kier molecular flexibility index (Phi) is 7.49. The normalized spacial score (nSPS) is 12.1. The molecule has 0 saturated heterocycles. The molecule has 3 N–H and O–H groups in total. The van der Waals surface area contributed by atoms with Gasteiger partial charge in [0.25, 0.3) is 5.91 Å². The summed E-state index contributed by atoms with van der Waals surface area (Å²) in [5.74, 6) is 0.241. The molecule has 5 heteroatoms. The molecule has 0 radical (unpaired) electrons. The molecule has 24 heavy (non-hydrogen) atoms. The molecular formula is C19H27N3O2. The van der Waals surface area contributed by atoms with E-state index in [0.717, 1.165) is 38.5 Å². The number of nitrogens with two attached hydrogens (primary N) is 1. The van der Waals surface area contributed by atoms with E-state index in [1.54, 1.807) is 0 Å². The Morgan fingerprint density at radius 1 is 1.25 bits per heavy atom. The maximum Gasteiger partial charge on any atom is 0.273 e. The quantitative estimate of drug-likeness (QED) is 0.652. The van der Waals surface area contributed by atoms with Crippen LogP contribution in [0.25, 0.3) is 0 Å². The molecule has 0 fully saturated rings. The molecule has 0 aliphatic heterocycles. The summed E-state index contributed by atoms with van der Waals surface area (Å²) in [4.78, 5) is 16.3. The van der Waals surface area contributed by atoms with Crippen molar-refractivity contribution in [2.75, 3.05) is 6.54 Å². The highest BCUT2D eigenvalue weighted by Crippen LogP contribution is 2.16. The van der Waals surface area contributed by atoms with Crippen LogP contribution in [-0.2, 0) is 6.42 Å². The molecule has 1 aromatic carbocycles. The van der Waals surface area contributed by atoms with E-state index in [2.05, 4.69) is 29.4 Å². The fourth-order valence-electron chi connectivity index (χ4n) is 2.50. The van der Waals surface area contributed by atoms with Crippen LogP contribution in [0.4, 0.5) is 0 Å². The number of carbonyl (C=O) groups excluding carboxylic acids is 1. The predicted octanol–water partition coefficient (Wildman–Crippen LogP) is 3.62. The second kappa shape index (κ2) is 9.88. The Bertz CT molecular complexity index is 610. The average molecular weight is 329 g/mol. The van der Waals surface area contributed by atoms with Crippen molar-refractivity contribution in [3.8, 4) is 0 Å². The van der Waals surface area contributed by atoms with Gasteiger partial charge in [0.1, 0.15) is 6.26 Å². The SMILES string of the molecule is CCCCC(N)c1nc(C(=O)NCCCCc2ccccc2)co1. The third kappa shape index (κ3) is 5.81. The van der Waals surface area contributed by atoms with E-state index in [-0.39, 0.29) is 11.9 Å². The first-order valence-corrected chi connectivity index (χ1v) is 8.73. The van der Waals surface area contributed by atoms with Gasteiger partial charge in [0.05, 0.1) is 6.04 Å². The topological polar surface area (TPSA) is 81.1 Å². The van der Waals surface area contributed by atoms with Crippen molar-refractivity contribution in [1.29, 1.82) is 0 Å². The predicted molar refractivity (Wildman–Crippen MR) is 94.7 cm³/mol. The average Bonchev–Trinajstić information content (AvgIpc) is 3.10. The summed E-state index contributed by atoms with van der Waals surface area (Å²) in [5, 5.41) is 2.88. The van der Waals surface area contributed by atoms with Crippen molar-refractivity contribution >= 4 is 5.91 Å². The van der Waals surface area contributed by atoms with Gasteiger partial charge in [-0.1, -0.05) is 50.1 Å². The van der Waals surface area contributed by atoms with E-state index in [9.17, 15) is 4.79 Å². The van der Waals surface area contributed by atoms with Gasteiger partial charge in [-0.25, -0.2) is 4.98 Å². The van der Waals surface area contributed by atoms with E-state index < -0.39 is 0 Å². The third-order valence-electron chi connectivity index (χ3n) is 3.96. The molecule has 0 bridgehead atoms.